The van der Waals surface area contributed by atoms with Crippen LogP contribution in [0.25, 0.3) is 77.9 Å². The summed E-state index contributed by atoms with van der Waals surface area (Å²) in [4.78, 5) is 0. The maximum absolute atomic E-state index is 2.44. The summed E-state index contributed by atoms with van der Waals surface area (Å²) < 4.78 is 0. The summed E-state index contributed by atoms with van der Waals surface area (Å²) in [6.07, 6.45) is 18.1. The van der Waals surface area contributed by atoms with Crippen LogP contribution in [0.15, 0.2) is 243 Å². The van der Waals surface area contributed by atoms with Crippen molar-refractivity contribution in [2.45, 2.75) is 57.3 Å². The van der Waals surface area contributed by atoms with Crippen LogP contribution in [0.5, 0.6) is 0 Å². The molecule has 9 aliphatic rings. The molecule has 0 radical (unpaired) electrons. The van der Waals surface area contributed by atoms with Gasteiger partial charge in [-0.25, -0.2) is 0 Å². The van der Waals surface area contributed by atoms with Crippen LogP contribution < -0.4 is 0 Å². The van der Waals surface area contributed by atoms with Crippen LogP contribution in [0.2, 0.25) is 0 Å². The molecule has 0 bridgehead atoms. The zero-order valence-electron chi connectivity index (χ0n) is 44.9. The minimum Gasteiger partial charge on any atom is -0.0802 e. The predicted molar refractivity (Wildman–Crippen MR) is 332 cm³/mol. The lowest BCUT2D eigenvalue weighted by atomic mass is 9.85. The van der Waals surface area contributed by atoms with E-state index in [1.165, 1.54) is 157 Å². The Morgan fingerprint density at radius 3 is 1.09 bits per heavy atom. The quantitative estimate of drug-likeness (QED) is 0.142. The van der Waals surface area contributed by atoms with E-state index in [2.05, 4.69) is 243 Å². The SMILES string of the molecule is C1=CC2Cc3ccc4c(c3C2C=C1)-c1ccccc1C4.c1ccc2c(c1)Cc1c-2ccc2c1-c1ccccc1C2.c1ccc2c(c1)Cc1cc3c(cc1-2)-c1ccccc1C3.c1ccc2c(c1)Cc1cc3c(cc1-2)Cc1ccccc1-3. The van der Waals surface area contributed by atoms with Gasteiger partial charge >= 0.3 is 0 Å². The summed E-state index contributed by atoms with van der Waals surface area (Å²) >= 11 is 0. The molecule has 80 heavy (non-hydrogen) atoms. The average Bonchev–Trinajstić information content (AvgIpc) is 4.49. The molecule has 0 amide bonds. The smallest absolute Gasteiger partial charge is 0.00962 e. The Morgan fingerprint density at radius 1 is 0.225 bits per heavy atom. The van der Waals surface area contributed by atoms with E-state index in [1.807, 2.05) is 0 Å². The van der Waals surface area contributed by atoms with Crippen molar-refractivity contribution < 1.29 is 0 Å². The molecule has 0 heteroatoms. The second-order valence-electron chi connectivity index (χ2n) is 23.6. The van der Waals surface area contributed by atoms with Gasteiger partial charge in [-0.1, -0.05) is 224 Å². The van der Waals surface area contributed by atoms with Crippen molar-refractivity contribution in [1.29, 1.82) is 0 Å². The molecule has 11 aromatic carbocycles. The zero-order chi connectivity index (χ0) is 52.4. The van der Waals surface area contributed by atoms with Crippen molar-refractivity contribution in [2.75, 3.05) is 0 Å². The Kier molecular flexibility index (Phi) is 10.5. The van der Waals surface area contributed by atoms with Crippen molar-refractivity contribution in [1.82, 2.24) is 0 Å². The third-order valence-corrected chi connectivity index (χ3v) is 19.3. The van der Waals surface area contributed by atoms with Crippen molar-refractivity contribution in [2.24, 2.45) is 5.92 Å². The van der Waals surface area contributed by atoms with E-state index in [0.29, 0.717) is 11.8 Å². The number of benzene rings is 11. The van der Waals surface area contributed by atoms with Gasteiger partial charge in [-0.3, -0.25) is 0 Å². The molecular weight excluding hydrogens is 961 g/mol. The first-order chi connectivity index (χ1) is 39.6. The fourth-order valence-corrected chi connectivity index (χ4v) is 15.7. The van der Waals surface area contributed by atoms with Gasteiger partial charge in [0.25, 0.3) is 0 Å². The number of rotatable bonds is 0. The molecule has 11 aromatic rings. The lowest BCUT2D eigenvalue weighted by Gasteiger charge is -2.18. The largest absolute Gasteiger partial charge is 0.0802 e. The predicted octanol–water partition coefficient (Wildman–Crippen LogP) is 19.1. The average molecular weight is 1020 g/mol. The van der Waals surface area contributed by atoms with Gasteiger partial charge in [0.15, 0.2) is 0 Å². The highest BCUT2D eigenvalue weighted by molar-refractivity contribution is 5.91. The van der Waals surface area contributed by atoms with E-state index >= 15 is 0 Å². The van der Waals surface area contributed by atoms with Crippen LogP contribution in [0.4, 0.5) is 0 Å². The Labute approximate surface area is 470 Å². The maximum Gasteiger partial charge on any atom is 0.00962 e. The Balaban J connectivity index is 0.0000000853. The normalized spacial score (nSPS) is 16.2. The summed E-state index contributed by atoms with van der Waals surface area (Å²) in [6.45, 7) is 0. The molecule has 0 saturated carbocycles. The molecule has 0 nitrogen and oxygen atoms in total. The summed E-state index contributed by atoms with van der Waals surface area (Å²) in [5.74, 6) is 1.27. The van der Waals surface area contributed by atoms with E-state index in [4.69, 9.17) is 0 Å². The Bertz CT molecular complexity index is 4340. The molecule has 2 atom stereocenters. The lowest BCUT2D eigenvalue weighted by Crippen LogP contribution is -2.05. The number of hydrogen-bond acceptors (Lipinski definition) is 0. The molecule has 0 saturated heterocycles. The van der Waals surface area contributed by atoms with Gasteiger partial charge in [0, 0.05) is 5.92 Å². The first kappa shape index (κ1) is 45.9. The van der Waals surface area contributed by atoms with E-state index in [1.54, 1.807) is 16.7 Å². The fourth-order valence-electron chi connectivity index (χ4n) is 15.7. The maximum atomic E-state index is 2.44. The molecule has 20 rings (SSSR count). The molecule has 0 spiro atoms. The molecule has 0 aromatic heterocycles. The van der Waals surface area contributed by atoms with Gasteiger partial charge in [-0.15, -0.1) is 0 Å². The van der Waals surface area contributed by atoms with Crippen LogP contribution in [-0.2, 0) is 51.4 Å². The first-order valence-electron chi connectivity index (χ1n) is 29.2. The van der Waals surface area contributed by atoms with Crippen molar-refractivity contribution in [3.05, 3.63) is 332 Å². The van der Waals surface area contributed by atoms with Gasteiger partial charge < -0.3 is 0 Å². The highest BCUT2D eigenvalue weighted by Crippen LogP contribution is 2.52. The summed E-state index contributed by atoms with van der Waals surface area (Å²) in [7, 11) is 0. The van der Waals surface area contributed by atoms with E-state index in [9.17, 15) is 0 Å². The molecule has 378 valence electrons. The minimum absolute atomic E-state index is 0.594. The van der Waals surface area contributed by atoms with Gasteiger partial charge in [-0.05, 0) is 242 Å². The monoisotopic (exact) mass is 1020 g/mol. The van der Waals surface area contributed by atoms with Crippen molar-refractivity contribution >= 4 is 0 Å². The van der Waals surface area contributed by atoms with Crippen LogP contribution in [0, 0.1) is 5.92 Å². The highest BCUT2D eigenvalue weighted by Gasteiger charge is 2.36. The summed E-state index contributed by atoms with van der Waals surface area (Å²) in [6, 6.07) is 81.0. The molecular formula is C80H58. The lowest BCUT2D eigenvalue weighted by molar-refractivity contribution is 0.630. The van der Waals surface area contributed by atoms with Crippen LogP contribution in [0.1, 0.15) is 94.9 Å². The van der Waals surface area contributed by atoms with Gasteiger partial charge in [0.2, 0.25) is 0 Å². The second kappa shape index (κ2) is 18.2. The summed E-state index contributed by atoms with van der Waals surface area (Å²) in [5.41, 5.74) is 44.4. The standard InChI is InChI=1S/3C20H14.C20H16/c1-3-7-16-14(6-1)12-19-18(16)10-9-15-11-13-5-2-4-8-17(13)20(15)19;1-3-7-17-13(5-1)9-15-11-20-16(12-19(15)17)10-14-6-2-4-8-18(14)20;1-3-7-17-13(5-1)9-15-11-16-10-14-6-2-4-8-18(14)20(16)12-19(15)17;1-3-7-17-13(5-1)11-15-9-10-16-12-14-6-2-4-8-18(14)20(16)19(15)17/h1-10H,11-12H2;2*1-8,11-12H,9-10H2;1-10,13,17H,11-12H2. The second-order valence-corrected chi connectivity index (χ2v) is 23.6. The van der Waals surface area contributed by atoms with Crippen LogP contribution >= 0.6 is 0 Å². The molecule has 9 aliphatic carbocycles. The van der Waals surface area contributed by atoms with E-state index in [0.717, 1.165) is 44.9 Å². The highest BCUT2D eigenvalue weighted by atomic mass is 14.4. The molecule has 2 unspecified atom stereocenters. The topological polar surface area (TPSA) is 0 Å². The third-order valence-electron chi connectivity index (χ3n) is 19.3. The third kappa shape index (κ3) is 7.28. The van der Waals surface area contributed by atoms with Gasteiger partial charge in [-0.2, -0.15) is 0 Å². The summed E-state index contributed by atoms with van der Waals surface area (Å²) in [5, 5.41) is 0. The molecule has 0 aliphatic heterocycles. The molecule has 0 N–H and O–H groups in total. The van der Waals surface area contributed by atoms with E-state index < -0.39 is 0 Å². The van der Waals surface area contributed by atoms with Gasteiger partial charge in [0.1, 0.15) is 0 Å². The zero-order valence-corrected chi connectivity index (χ0v) is 44.9. The first-order valence-corrected chi connectivity index (χ1v) is 29.2. The number of allylic oxidation sites excluding steroid dienone is 4. The van der Waals surface area contributed by atoms with Crippen molar-refractivity contribution in [3.8, 4) is 77.9 Å². The van der Waals surface area contributed by atoms with Gasteiger partial charge in [0.05, 0.1) is 0 Å². The fraction of sp³-hybridized carbons (Fsp3) is 0.125. The number of fused-ring (bicyclic) bond motifs is 26. The Morgan fingerprint density at radius 2 is 0.575 bits per heavy atom. The molecule has 0 heterocycles. The number of hydrogen-bond donors (Lipinski definition) is 0. The van der Waals surface area contributed by atoms with Crippen LogP contribution in [0.3, 0.4) is 0 Å². The Hall–Kier alpha value is -9.10. The minimum atomic E-state index is 0.594. The molecule has 0 fully saturated rings. The van der Waals surface area contributed by atoms with Crippen LogP contribution in [-0.4, -0.2) is 0 Å². The van der Waals surface area contributed by atoms with Crippen molar-refractivity contribution in [3.63, 3.8) is 0 Å². The van der Waals surface area contributed by atoms with E-state index in [-0.39, 0.29) is 0 Å².